The van der Waals surface area contributed by atoms with Crippen molar-refractivity contribution in [3.8, 4) is 0 Å². The first kappa shape index (κ1) is 45.2. The number of rotatable bonds is 37. The molecule has 0 fully saturated rings. The maximum Gasteiger partial charge on any atom is 0.322 e. The number of carbonyl (C=O) groups excluding carboxylic acids is 2. The number of ether oxygens (including phenoxy) is 1. The van der Waals surface area contributed by atoms with Crippen LogP contribution in [0.25, 0.3) is 0 Å². The third-order valence-electron chi connectivity index (χ3n) is 9.17. The third kappa shape index (κ3) is 36.8. The van der Waals surface area contributed by atoms with E-state index in [1.54, 1.807) is 0 Å². The summed E-state index contributed by atoms with van der Waals surface area (Å²) < 4.78 is 5.87. The van der Waals surface area contributed by atoms with E-state index in [2.05, 4.69) is 31.3 Å². The lowest BCUT2D eigenvalue weighted by molar-refractivity contribution is -0.147. The average Bonchev–Trinajstić information content (AvgIpc) is 3.05. The zero-order valence-corrected chi connectivity index (χ0v) is 31.1. The van der Waals surface area contributed by atoms with E-state index in [1.807, 2.05) is 0 Å². The molecule has 47 heavy (non-hydrogen) atoms. The van der Waals surface area contributed by atoms with Crippen LogP contribution in [0.4, 0.5) is 0 Å². The Kier molecular flexibility index (Phi) is 35.5. The van der Waals surface area contributed by atoms with Crippen LogP contribution in [-0.2, 0) is 19.1 Å². The van der Waals surface area contributed by atoms with Crippen molar-refractivity contribution in [1.82, 2.24) is 5.32 Å². The molecule has 1 amide bonds. The summed E-state index contributed by atoms with van der Waals surface area (Å²) in [4.78, 5) is 34.8. The molecule has 1 atom stereocenters. The van der Waals surface area contributed by atoms with Crippen LogP contribution in [0.2, 0.25) is 0 Å². The number of aliphatic carboxylic acids is 1. The van der Waals surface area contributed by atoms with Crippen LogP contribution in [0.15, 0.2) is 12.2 Å². The molecule has 0 saturated heterocycles. The van der Waals surface area contributed by atoms with Gasteiger partial charge in [0.1, 0.15) is 12.6 Å². The van der Waals surface area contributed by atoms with E-state index < -0.39 is 5.97 Å². The summed E-state index contributed by atoms with van der Waals surface area (Å²) in [5.74, 6) is -1.32. The third-order valence-corrected chi connectivity index (χ3v) is 9.17. The molecule has 6 nitrogen and oxygen atoms in total. The average molecular weight is 664 g/mol. The Balaban J connectivity index is 3.87. The number of amides is 1. The normalized spacial score (nSPS) is 12.0. The molecule has 0 aliphatic heterocycles. The lowest BCUT2D eigenvalue weighted by Crippen LogP contribution is -2.28. The first-order valence-corrected chi connectivity index (χ1v) is 20.3. The Labute approximate surface area is 291 Å². The second-order valence-corrected chi connectivity index (χ2v) is 13.9. The molecule has 0 spiro atoms. The van der Waals surface area contributed by atoms with Gasteiger partial charge in [0.25, 0.3) is 0 Å². The van der Waals surface area contributed by atoms with Gasteiger partial charge in [0.05, 0.1) is 0 Å². The molecule has 0 aromatic heterocycles. The Hall–Kier alpha value is -1.85. The molecule has 0 radical (unpaired) electrons. The SMILES string of the molecule is CCCCCC/C=C\C(CCCCCCC(=O)NCC(=O)O)OC(=O)CCCCCCCCCCCCCCCCCCCCCC. The summed E-state index contributed by atoms with van der Waals surface area (Å²) in [7, 11) is 0. The van der Waals surface area contributed by atoms with Crippen molar-refractivity contribution in [2.24, 2.45) is 0 Å². The predicted octanol–water partition coefficient (Wildman–Crippen LogP) is 12.2. The highest BCUT2D eigenvalue weighted by molar-refractivity contribution is 5.80. The van der Waals surface area contributed by atoms with E-state index in [1.165, 1.54) is 141 Å². The van der Waals surface area contributed by atoms with Crippen molar-refractivity contribution in [1.29, 1.82) is 0 Å². The van der Waals surface area contributed by atoms with Crippen LogP contribution >= 0.6 is 0 Å². The topological polar surface area (TPSA) is 92.7 Å². The fraction of sp³-hybridized carbons (Fsp3) is 0.878. The Morgan fingerprint density at radius 1 is 0.553 bits per heavy atom. The van der Waals surface area contributed by atoms with Crippen LogP contribution in [0.1, 0.15) is 219 Å². The highest BCUT2D eigenvalue weighted by Crippen LogP contribution is 2.17. The summed E-state index contributed by atoms with van der Waals surface area (Å²) in [6, 6.07) is 0. The number of carbonyl (C=O) groups is 3. The van der Waals surface area contributed by atoms with Gasteiger partial charge in [-0.1, -0.05) is 174 Å². The Morgan fingerprint density at radius 2 is 0.957 bits per heavy atom. The van der Waals surface area contributed by atoms with E-state index in [4.69, 9.17) is 9.84 Å². The zero-order chi connectivity index (χ0) is 34.5. The van der Waals surface area contributed by atoms with Gasteiger partial charge in [0.2, 0.25) is 5.91 Å². The minimum Gasteiger partial charge on any atom is -0.480 e. The summed E-state index contributed by atoms with van der Waals surface area (Å²) in [6.45, 7) is 4.18. The van der Waals surface area contributed by atoms with Gasteiger partial charge in [-0.25, -0.2) is 0 Å². The minimum absolute atomic E-state index is 0.0804. The quantitative estimate of drug-likeness (QED) is 0.0392. The van der Waals surface area contributed by atoms with Crippen LogP contribution in [0, 0.1) is 0 Å². The van der Waals surface area contributed by atoms with E-state index >= 15 is 0 Å². The Bertz CT molecular complexity index is 737. The predicted molar refractivity (Wildman–Crippen MR) is 199 cm³/mol. The van der Waals surface area contributed by atoms with Crippen molar-refractivity contribution in [2.45, 2.75) is 225 Å². The molecule has 276 valence electrons. The molecule has 0 aromatic rings. The van der Waals surface area contributed by atoms with Crippen LogP contribution < -0.4 is 5.32 Å². The van der Waals surface area contributed by atoms with Gasteiger partial charge in [0, 0.05) is 12.8 Å². The maximum absolute atomic E-state index is 12.6. The van der Waals surface area contributed by atoms with E-state index in [-0.39, 0.29) is 24.5 Å². The van der Waals surface area contributed by atoms with Gasteiger partial charge in [-0.2, -0.15) is 0 Å². The van der Waals surface area contributed by atoms with Gasteiger partial charge in [-0.3, -0.25) is 14.4 Å². The van der Waals surface area contributed by atoms with E-state index in [9.17, 15) is 14.4 Å². The van der Waals surface area contributed by atoms with Crippen molar-refractivity contribution < 1.29 is 24.2 Å². The molecule has 0 heterocycles. The van der Waals surface area contributed by atoms with Crippen LogP contribution in [0.5, 0.6) is 0 Å². The van der Waals surface area contributed by atoms with Gasteiger partial charge < -0.3 is 15.2 Å². The van der Waals surface area contributed by atoms with Gasteiger partial charge in [-0.05, 0) is 44.6 Å². The number of allylic oxidation sites excluding steroid dienone is 1. The van der Waals surface area contributed by atoms with Crippen molar-refractivity contribution in [2.75, 3.05) is 6.54 Å². The van der Waals surface area contributed by atoms with Crippen molar-refractivity contribution >= 4 is 17.8 Å². The lowest BCUT2D eigenvalue weighted by Gasteiger charge is -2.15. The van der Waals surface area contributed by atoms with Crippen molar-refractivity contribution in [3.05, 3.63) is 12.2 Å². The number of unbranched alkanes of at least 4 members (excludes halogenated alkanes) is 26. The van der Waals surface area contributed by atoms with Gasteiger partial charge in [-0.15, -0.1) is 0 Å². The summed E-state index contributed by atoms with van der Waals surface area (Å²) in [5, 5.41) is 11.0. The lowest BCUT2D eigenvalue weighted by atomic mass is 10.0. The molecular formula is C41H77NO5. The number of hydrogen-bond acceptors (Lipinski definition) is 4. The maximum atomic E-state index is 12.6. The number of carboxylic acids is 1. The fourth-order valence-electron chi connectivity index (χ4n) is 6.13. The molecular weight excluding hydrogens is 586 g/mol. The number of carboxylic acid groups (broad SMARTS) is 1. The zero-order valence-electron chi connectivity index (χ0n) is 31.1. The molecule has 0 rings (SSSR count). The van der Waals surface area contributed by atoms with E-state index in [0.29, 0.717) is 12.8 Å². The number of nitrogens with one attached hydrogen (secondary N) is 1. The second-order valence-electron chi connectivity index (χ2n) is 13.9. The molecule has 2 N–H and O–H groups in total. The monoisotopic (exact) mass is 664 g/mol. The van der Waals surface area contributed by atoms with Gasteiger partial charge in [0.15, 0.2) is 0 Å². The highest BCUT2D eigenvalue weighted by atomic mass is 16.5. The molecule has 6 heteroatoms. The smallest absolute Gasteiger partial charge is 0.322 e. The second kappa shape index (κ2) is 37.0. The van der Waals surface area contributed by atoms with Crippen LogP contribution in [0.3, 0.4) is 0 Å². The first-order chi connectivity index (χ1) is 23.0. The molecule has 0 aliphatic rings. The molecule has 1 unspecified atom stereocenters. The standard InChI is InChI=1S/C41H77NO5/c1-3-5-7-9-11-12-13-14-15-16-17-18-19-20-21-22-23-24-26-32-36-41(46)47-38(33-29-25-10-8-6-4-2)34-30-27-28-31-35-39(43)42-37-40(44)45/h29,33,38H,3-28,30-32,34-37H2,1-2H3,(H,42,43)(H,44,45)/b33-29-. The molecule has 0 aliphatic carbocycles. The largest absolute Gasteiger partial charge is 0.480 e. The minimum atomic E-state index is -1.03. The summed E-state index contributed by atoms with van der Waals surface area (Å²) in [5.41, 5.74) is 0. The summed E-state index contributed by atoms with van der Waals surface area (Å²) in [6.07, 6.45) is 42.2. The summed E-state index contributed by atoms with van der Waals surface area (Å²) >= 11 is 0. The van der Waals surface area contributed by atoms with Crippen LogP contribution in [-0.4, -0.2) is 35.6 Å². The van der Waals surface area contributed by atoms with E-state index in [0.717, 1.165) is 51.4 Å². The first-order valence-electron chi connectivity index (χ1n) is 20.3. The van der Waals surface area contributed by atoms with Gasteiger partial charge >= 0.3 is 11.9 Å². The fourth-order valence-corrected chi connectivity index (χ4v) is 6.13. The molecule has 0 bridgehead atoms. The number of hydrogen-bond donors (Lipinski definition) is 2. The number of esters is 1. The molecule has 0 aromatic carbocycles. The highest BCUT2D eigenvalue weighted by Gasteiger charge is 2.12. The molecule has 0 saturated carbocycles. The Morgan fingerprint density at radius 3 is 1.43 bits per heavy atom. The van der Waals surface area contributed by atoms with Crippen molar-refractivity contribution in [3.63, 3.8) is 0 Å².